The first-order valence-corrected chi connectivity index (χ1v) is 6.35. The summed E-state index contributed by atoms with van der Waals surface area (Å²) in [6.07, 6.45) is 0. The molecule has 2 rings (SSSR count). The highest BCUT2D eigenvalue weighted by atomic mass is 79.9. The van der Waals surface area contributed by atoms with Gasteiger partial charge < -0.3 is 0 Å². The van der Waals surface area contributed by atoms with E-state index in [1.54, 1.807) is 19.1 Å². The van der Waals surface area contributed by atoms with Gasteiger partial charge in [-0.1, -0.05) is 22.0 Å². The van der Waals surface area contributed by atoms with Gasteiger partial charge in [-0.3, -0.25) is 4.79 Å². The van der Waals surface area contributed by atoms with Crippen LogP contribution >= 0.6 is 15.9 Å². The Bertz CT molecular complexity index is 620. The van der Waals surface area contributed by atoms with E-state index in [1.165, 1.54) is 12.1 Å². The van der Waals surface area contributed by atoms with Gasteiger partial charge in [-0.25, -0.2) is 4.39 Å². The largest absolute Gasteiger partial charge is 0.289 e. The molecule has 92 valence electrons. The fraction of sp³-hybridized carbons (Fsp3) is 0.133. The number of carbonyl (C=O) groups excluding carboxylic acids is 1. The summed E-state index contributed by atoms with van der Waals surface area (Å²) in [5.74, 6) is -0.380. The number of rotatable bonds is 2. The molecule has 18 heavy (non-hydrogen) atoms. The molecule has 0 fully saturated rings. The molecule has 1 nitrogen and oxygen atoms in total. The maximum atomic E-state index is 13.2. The number of carbonyl (C=O) groups is 1. The summed E-state index contributed by atoms with van der Waals surface area (Å²) >= 11 is 3.35. The third kappa shape index (κ3) is 2.51. The van der Waals surface area contributed by atoms with Crippen LogP contribution in [0.2, 0.25) is 0 Å². The SMILES string of the molecule is Cc1cc(C(=O)c2cc(Br)ccc2C)ccc1F. The lowest BCUT2D eigenvalue weighted by atomic mass is 9.98. The summed E-state index contributed by atoms with van der Waals surface area (Å²) in [6, 6.07) is 9.99. The van der Waals surface area contributed by atoms with Crippen molar-refractivity contribution in [1.82, 2.24) is 0 Å². The van der Waals surface area contributed by atoms with Crippen molar-refractivity contribution < 1.29 is 9.18 Å². The van der Waals surface area contributed by atoms with Crippen LogP contribution in [0.25, 0.3) is 0 Å². The minimum atomic E-state index is -0.294. The van der Waals surface area contributed by atoms with Crippen molar-refractivity contribution in [2.45, 2.75) is 13.8 Å². The first-order valence-electron chi connectivity index (χ1n) is 5.56. The number of hydrogen-bond donors (Lipinski definition) is 0. The van der Waals surface area contributed by atoms with Gasteiger partial charge in [0.05, 0.1) is 0 Å². The van der Waals surface area contributed by atoms with E-state index in [2.05, 4.69) is 15.9 Å². The van der Waals surface area contributed by atoms with Gasteiger partial charge in [-0.15, -0.1) is 0 Å². The van der Waals surface area contributed by atoms with Crippen LogP contribution in [0.3, 0.4) is 0 Å². The molecule has 0 heterocycles. The summed E-state index contributed by atoms with van der Waals surface area (Å²) in [5.41, 5.74) is 2.53. The molecule has 0 aromatic heterocycles. The van der Waals surface area contributed by atoms with Crippen LogP contribution in [0.1, 0.15) is 27.0 Å². The Morgan fingerprint density at radius 1 is 1.06 bits per heavy atom. The van der Waals surface area contributed by atoms with Gasteiger partial charge in [-0.05, 0) is 55.3 Å². The first kappa shape index (κ1) is 13.0. The maximum Gasteiger partial charge on any atom is 0.193 e. The standard InChI is InChI=1S/C15H12BrFO/c1-9-3-5-12(16)8-13(9)15(18)11-4-6-14(17)10(2)7-11/h3-8H,1-2H3. The highest BCUT2D eigenvalue weighted by Gasteiger charge is 2.13. The van der Waals surface area contributed by atoms with Gasteiger partial charge in [-0.2, -0.15) is 0 Å². The fourth-order valence-electron chi connectivity index (χ4n) is 1.78. The topological polar surface area (TPSA) is 17.1 Å². The predicted octanol–water partition coefficient (Wildman–Crippen LogP) is 4.44. The van der Waals surface area contributed by atoms with E-state index in [-0.39, 0.29) is 11.6 Å². The average molecular weight is 307 g/mol. The number of halogens is 2. The minimum absolute atomic E-state index is 0.0862. The van der Waals surface area contributed by atoms with E-state index in [0.717, 1.165) is 10.0 Å². The number of aryl methyl sites for hydroxylation is 2. The molecular weight excluding hydrogens is 295 g/mol. The van der Waals surface area contributed by atoms with Crippen molar-refractivity contribution in [2.75, 3.05) is 0 Å². The van der Waals surface area contributed by atoms with Crippen LogP contribution in [-0.4, -0.2) is 5.78 Å². The van der Waals surface area contributed by atoms with Crippen LogP contribution in [0.4, 0.5) is 4.39 Å². The Morgan fingerprint density at radius 2 is 1.78 bits per heavy atom. The van der Waals surface area contributed by atoms with E-state index >= 15 is 0 Å². The summed E-state index contributed by atoms with van der Waals surface area (Å²) < 4.78 is 14.0. The Hall–Kier alpha value is -1.48. The molecule has 0 saturated carbocycles. The molecule has 0 atom stereocenters. The van der Waals surface area contributed by atoms with E-state index in [4.69, 9.17) is 0 Å². The van der Waals surface area contributed by atoms with Crippen molar-refractivity contribution in [3.05, 3.63) is 68.9 Å². The minimum Gasteiger partial charge on any atom is -0.289 e. The van der Waals surface area contributed by atoms with E-state index in [0.29, 0.717) is 16.7 Å². The monoisotopic (exact) mass is 306 g/mol. The predicted molar refractivity (Wildman–Crippen MR) is 73.4 cm³/mol. The number of ketones is 1. The molecule has 0 unspecified atom stereocenters. The third-order valence-corrected chi connectivity index (χ3v) is 3.36. The zero-order valence-electron chi connectivity index (χ0n) is 10.1. The van der Waals surface area contributed by atoms with Gasteiger partial charge in [0.25, 0.3) is 0 Å². The fourth-order valence-corrected chi connectivity index (χ4v) is 2.14. The molecule has 0 aliphatic carbocycles. The normalized spacial score (nSPS) is 10.4. The summed E-state index contributed by atoms with van der Waals surface area (Å²) in [4.78, 5) is 12.3. The summed E-state index contributed by atoms with van der Waals surface area (Å²) in [7, 11) is 0. The molecule has 3 heteroatoms. The molecule has 0 N–H and O–H groups in total. The number of hydrogen-bond acceptors (Lipinski definition) is 1. The molecule has 0 aliphatic heterocycles. The molecular formula is C15H12BrFO. The van der Waals surface area contributed by atoms with Gasteiger partial charge >= 0.3 is 0 Å². The van der Waals surface area contributed by atoms with Crippen molar-refractivity contribution in [1.29, 1.82) is 0 Å². The van der Waals surface area contributed by atoms with E-state index < -0.39 is 0 Å². The Balaban J connectivity index is 2.47. The lowest BCUT2D eigenvalue weighted by Crippen LogP contribution is -2.04. The van der Waals surface area contributed by atoms with E-state index in [1.807, 2.05) is 19.1 Å². The summed E-state index contributed by atoms with van der Waals surface area (Å²) in [5, 5.41) is 0. The second-order valence-electron chi connectivity index (χ2n) is 4.25. The van der Waals surface area contributed by atoms with Gasteiger partial charge in [0, 0.05) is 15.6 Å². The van der Waals surface area contributed by atoms with Crippen LogP contribution in [0.15, 0.2) is 40.9 Å². The third-order valence-electron chi connectivity index (χ3n) is 2.86. The second-order valence-corrected chi connectivity index (χ2v) is 5.17. The molecule has 0 aliphatic rings. The van der Waals surface area contributed by atoms with Gasteiger partial charge in [0.2, 0.25) is 0 Å². The molecule has 0 spiro atoms. The Morgan fingerprint density at radius 3 is 2.44 bits per heavy atom. The number of benzene rings is 2. The van der Waals surface area contributed by atoms with Crippen LogP contribution in [0.5, 0.6) is 0 Å². The maximum absolute atomic E-state index is 13.2. The van der Waals surface area contributed by atoms with Crippen molar-refractivity contribution in [3.8, 4) is 0 Å². The smallest absolute Gasteiger partial charge is 0.193 e. The lowest BCUT2D eigenvalue weighted by Gasteiger charge is -2.07. The van der Waals surface area contributed by atoms with Crippen molar-refractivity contribution in [2.24, 2.45) is 0 Å². The van der Waals surface area contributed by atoms with Crippen molar-refractivity contribution in [3.63, 3.8) is 0 Å². The van der Waals surface area contributed by atoms with E-state index in [9.17, 15) is 9.18 Å². The zero-order chi connectivity index (χ0) is 13.3. The molecule has 0 saturated heterocycles. The quantitative estimate of drug-likeness (QED) is 0.750. The highest BCUT2D eigenvalue weighted by molar-refractivity contribution is 9.10. The molecule has 0 radical (unpaired) electrons. The average Bonchev–Trinajstić information content (AvgIpc) is 2.35. The van der Waals surface area contributed by atoms with Gasteiger partial charge in [0.1, 0.15) is 5.82 Å². The van der Waals surface area contributed by atoms with Crippen LogP contribution < -0.4 is 0 Å². The Labute approximate surface area is 114 Å². The Kier molecular flexibility index (Phi) is 3.62. The summed E-state index contributed by atoms with van der Waals surface area (Å²) in [6.45, 7) is 3.54. The second kappa shape index (κ2) is 5.02. The van der Waals surface area contributed by atoms with Crippen molar-refractivity contribution >= 4 is 21.7 Å². The molecule has 2 aromatic rings. The van der Waals surface area contributed by atoms with Gasteiger partial charge in [0.15, 0.2) is 5.78 Å². The molecule has 0 amide bonds. The highest BCUT2D eigenvalue weighted by Crippen LogP contribution is 2.20. The molecule has 0 bridgehead atoms. The van der Waals surface area contributed by atoms with Crippen LogP contribution in [0, 0.1) is 19.7 Å². The lowest BCUT2D eigenvalue weighted by molar-refractivity contribution is 0.103. The van der Waals surface area contributed by atoms with Crippen LogP contribution in [-0.2, 0) is 0 Å². The molecule has 2 aromatic carbocycles. The zero-order valence-corrected chi connectivity index (χ0v) is 11.7. The first-order chi connectivity index (χ1) is 8.49.